The summed E-state index contributed by atoms with van der Waals surface area (Å²) in [4.78, 5) is 30.9. The molecule has 0 radical (unpaired) electrons. The van der Waals surface area contributed by atoms with Crippen molar-refractivity contribution in [2.75, 3.05) is 7.05 Å². The first-order chi connectivity index (χ1) is 10.2. The molecule has 0 aliphatic rings. The number of amides is 1. The summed E-state index contributed by atoms with van der Waals surface area (Å²) in [6.07, 6.45) is 0. The van der Waals surface area contributed by atoms with Gasteiger partial charge in [-0.05, 0) is 46.2 Å². The zero-order chi connectivity index (χ0) is 16.7. The van der Waals surface area contributed by atoms with Crippen molar-refractivity contribution in [3.63, 3.8) is 0 Å². The summed E-state index contributed by atoms with van der Waals surface area (Å²) in [5.41, 5.74) is 2.26. The number of Topliss-reactive ketones (excluding diaryl/α,β-unsaturated/α-hetero) is 1. The first-order valence-corrected chi connectivity index (χ1v) is 7.33. The number of fused-ring (bicyclic) bond motifs is 1. The molecule has 116 valence electrons. The van der Waals surface area contributed by atoms with Gasteiger partial charge >= 0.3 is 0 Å². The molecule has 2 aromatic rings. The Bertz CT molecular complexity index is 763. The van der Waals surface area contributed by atoms with Crippen molar-refractivity contribution in [3.05, 3.63) is 41.1 Å². The minimum absolute atomic E-state index is 0.0453. The molecule has 0 saturated carbocycles. The topological polar surface area (TPSA) is 50.3 Å². The molecule has 1 aromatic carbocycles. The second-order valence-electron chi connectivity index (χ2n) is 6.19. The first kappa shape index (κ1) is 16.1. The number of aryl methyl sites for hydroxylation is 1. The highest BCUT2D eigenvalue weighted by Crippen LogP contribution is 2.26. The molecule has 0 N–H and O–H groups in total. The van der Waals surface area contributed by atoms with Crippen molar-refractivity contribution >= 4 is 22.6 Å². The zero-order valence-electron chi connectivity index (χ0n) is 14.0. The molecule has 1 aromatic heterocycles. The number of hydrogen-bond donors (Lipinski definition) is 0. The Kier molecular flexibility index (Phi) is 4.05. The zero-order valence-corrected chi connectivity index (χ0v) is 14.0. The SMILES string of the molecule is CC(=O)C(C)(C)N(C)C(=O)c1c(C)c(C)nc2ccccc12. The van der Waals surface area contributed by atoms with E-state index in [0.29, 0.717) is 5.56 Å². The molecule has 1 amide bonds. The fraction of sp³-hybridized carbons (Fsp3) is 0.389. The van der Waals surface area contributed by atoms with E-state index in [1.807, 2.05) is 38.1 Å². The lowest BCUT2D eigenvalue weighted by atomic mass is 9.95. The molecule has 0 fully saturated rings. The van der Waals surface area contributed by atoms with Crippen molar-refractivity contribution in [3.8, 4) is 0 Å². The molecule has 2 rings (SSSR count). The number of para-hydroxylation sites is 1. The van der Waals surface area contributed by atoms with E-state index in [1.165, 1.54) is 11.8 Å². The van der Waals surface area contributed by atoms with Crippen LogP contribution in [-0.2, 0) is 4.79 Å². The minimum atomic E-state index is -0.845. The van der Waals surface area contributed by atoms with Gasteiger partial charge in [0, 0.05) is 18.1 Å². The highest BCUT2D eigenvalue weighted by Gasteiger charge is 2.34. The Balaban J connectivity index is 2.66. The van der Waals surface area contributed by atoms with Gasteiger partial charge in [0.15, 0.2) is 5.78 Å². The molecule has 0 aliphatic carbocycles. The maximum absolute atomic E-state index is 13.0. The highest BCUT2D eigenvalue weighted by atomic mass is 16.2. The number of benzene rings is 1. The molecule has 0 aliphatic heterocycles. The Labute approximate surface area is 131 Å². The van der Waals surface area contributed by atoms with Gasteiger partial charge in [0.2, 0.25) is 0 Å². The number of hydrogen-bond acceptors (Lipinski definition) is 3. The maximum Gasteiger partial charge on any atom is 0.255 e. The van der Waals surface area contributed by atoms with Crippen LogP contribution in [0.5, 0.6) is 0 Å². The number of ketones is 1. The third-order valence-electron chi connectivity index (χ3n) is 4.60. The lowest BCUT2D eigenvalue weighted by Crippen LogP contribution is -2.50. The molecule has 4 nitrogen and oxygen atoms in total. The van der Waals surface area contributed by atoms with E-state index in [9.17, 15) is 9.59 Å². The molecule has 0 saturated heterocycles. The number of rotatable bonds is 3. The van der Waals surface area contributed by atoms with Crippen LogP contribution in [0.4, 0.5) is 0 Å². The fourth-order valence-corrected chi connectivity index (χ4v) is 2.36. The summed E-state index contributed by atoms with van der Waals surface area (Å²) in [6, 6.07) is 7.60. The Morgan fingerprint density at radius 3 is 2.32 bits per heavy atom. The average molecular weight is 298 g/mol. The van der Waals surface area contributed by atoms with Crippen molar-refractivity contribution in [1.29, 1.82) is 0 Å². The lowest BCUT2D eigenvalue weighted by Gasteiger charge is -2.34. The van der Waals surface area contributed by atoms with Gasteiger partial charge in [0.05, 0.1) is 16.6 Å². The number of carbonyl (C=O) groups excluding carboxylic acids is 2. The number of pyridine rings is 1. The Hall–Kier alpha value is -2.23. The number of carbonyl (C=O) groups is 2. The molecule has 0 atom stereocenters. The normalized spacial score (nSPS) is 11.5. The van der Waals surface area contributed by atoms with E-state index < -0.39 is 5.54 Å². The summed E-state index contributed by atoms with van der Waals surface area (Å²) in [6.45, 7) is 8.83. The van der Waals surface area contributed by atoms with Gasteiger partial charge in [-0.1, -0.05) is 18.2 Å². The van der Waals surface area contributed by atoms with E-state index in [4.69, 9.17) is 0 Å². The van der Waals surface area contributed by atoms with Crippen LogP contribution >= 0.6 is 0 Å². The van der Waals surface area contributed by atoms with E-state index in [-0.39, 0.29) is 11.7 Å². The van der Waals surface area contributed by atoms with Crippen LogP contribution in [0.2, 0.25) is 0 Å². The summed E-state index contributed by atoms with van der Waals surface area (Å²) in [5, 5.41) is 0.821. The summed E-state index contributed by atoms with van der Waals surface area (Å²) < 4.78 is 0. The van der Waals surface area contributed by atoms with Crippen LogP contribution in [0.15, 0.2) is 24.3 Å². The maximum atomic E-state index is 13.0. The third-order valence-corrected chi connectivity index (χ3v) is 4.60. The molecule has 0 unspecified atom stereocenters. The molecule has 0 spiro atoms. The second kappa shape index (κ2) is 5.52. The summed E-state index contributed by atoms with van der Waals surface area (Å²) in [5.74, 6) is -0.199. The lowest BCUT2D eigenvalue weighted by molar-refractivity contribution is -0.125. The predicted molar refractivity (Wildman–Crippen MR) is 88.1 cm³/mol. The largest absolute Gasteiger partial charge is 0.330 e. The molecular weight excluding hydrogens is 276 g/mol. The van der Waals surface area contributed by atoms with Crippen molar-refractivity contribution < 1.29 is 9.59 Å². The van der Waals surface area contributed by atoms with E-state index >= 15 is 0 Å². The average Bonchev–Trinajstić information content (AvgIpc) is 2.47. The van der Waals surface area contributed by atoms with Gasteiger partial charge in [0.25, 0.3) is 5.91 Å². The van der Waals surface area contributed by atoms with Crippen LogP contribution in [0.1, 0.15) is 42.4 Å². The van der Waals surface area contributed by atoms with Gasteiger partial charge in [0.1, 0.15) is 0 Å². The molecule has 4 heteroatoms. The van der Waals surface area contributed by atoms with Crippen molar-refractivity contribution in [2.24, 2.45) is 0 Å². The van der Waals surface area contributed by atoms with Gasteiger partial charge in [-0.15, -0.1) is 0 Å². The van der Waals surface area contributed by atoms with Crippen LogP contribution in [0.25, 0.3) is 10.9 Å². The minimum Gasteiger partial charge on any atom is -0.330 e. The number of likely N-dealkylation sites (N-methyl/N-ethyl adjacent to an activating group) is 1. The Morgan fingerprint density at radius 2 is 1.73 bits per heavy atom. The monoisotopic (exact) mass is 298 g/mol. The van der Waals surface area contributed by atoms with Gasteiger partial charge in [-0.25, -0.2) is 0 Å². The smallest absolute Gasteiger partial charge is 0.255 e. The van der Waals surface area contributed by atoms with E-state index in [0.717, 1.165) is 22.2 Å². The van der Waals surface area contributed by atoms with Crippen LogP contribution < -0.4 is 0 Å². The molecule has 0 bridgehead atoms. The third kappa shape index (κ3) is 2.49. The second-order valence-corrected chi connectivity index (χ2v) is 6.19. The van der Waals surface area contributed by atoms with E-state index in [2.05, 4.69) is 4.98 Å². The predicted octanol–water partition coefficient (Wildman–Crippen LogP) is 3.29. The van der Waals surface area contributed by atoms with Crippen LogP contribution in [0, 0.1) is 13.8 Å². The van der Waals surface area contributed by atoms with Crippen LogP contribution in [0.3, 0.4) is 0 Å². The van der Waals surface area contributed by atoms with Crippen LogP contribution in [-0.4, -0.2) is 34.2 Å². The molecular formula is C18H22N2O2. The number of aromatic nitrogens is 1. The first-order valence-electron chi connectivity index (χ1n) is 7.33. The van der Waals surface area contributed by atoms with Gasteiger partial charge in [-0.3, -0.25) is 14.6 Å². The van der Waals surface area contributed by atoms with Gasteiger partial charge in [-0.2, -0.15) is 0 Å². The fourth-order valence-electron chi connectivity index (χ4n) is 2.36. The Morgan fingerprint density at radius 1 is 1.14 bits per heavy atom. The highest BCUT2D eigenvalue weighted by molar-refractivity contribution is 6.09. The quantitative estimate of drug-likeness (QED) is 0.873. The summed E-state index contributed by atoms with van der Waals surface area (Å²) >= 11 is 0. The standard InChI is InChI=1S/C18H22N2O2/c1-11-12(2)19-15-10-8-7-9-14(15)16(11)17(22)20(6)18(4,5)13(3)21/h7-10H,1-6H3. The summed E-state index contributed by atoms with van der Waals surface area (Å²) in [7, 11) is 1.67. The van der Waals surface area contributed by atoms with Gasteiger partial charge < -0.3 is 4.90 Å². The van der Waals surface area contributed by atoms with E-state index in [1.54, 1.807) is 20.9 Å². The van der Waals surface area contributed by atoms with Crippen molar-refractivity contribution in [1.82, 2.24) is 9.88 Å². The molecule has 22 heavy (non-hydrogen) atoms. The van der Waals surface area contributed by atoms with Crippen molar-refractivity contribution in [2.45, 2.75) is 40.2 Å². The number of nitrogens with zero attached hydrogens (tertiary/aromatic N) is 2. The molecule has 1 heterocycles.